The van der Waals surface area contributed by atoms with Gasteiger partial charge in [-0.05, 0) is 24.5 Å². The molecule has 1 N–H and O–H groups in total. The summed E-state index contributed by atoms with van der Waals surface area (Å²) in [6.07, 6.45) is 4.07. The van der Waals surface area contributed by atoms with Crippen LogP contribution in [-0.4, -0.2) is 59.6 Å². The lowest BCUT2D eigenvalue weighted by Crippen LogP contribution is -2.58. The number of amides is 2. The fraction of sp³-hybridized carbons (Fsp3) is 0.409. The minimum atomic E-state index is -0.742. The monoisotopic (exact) mass is 428 g/mol. The summed E-state index contributed by atoms with van der Waals surface area (Å²) in [5, 5.41) is 2.83. The highest BCUT2D eigenvalue weighted by atomic mass is 32.2. The minimum absolute atomic E-state index is 0.0495. The lowest BCUT2D eigenvalue weighted by atomic mass is 9.97. The van der Waals surface area contributed by atoms with E-state index < -0.39 is 12.1 Å². The average Bonchev–Trinajstić information content (AvgIpc) is 3.44. The number of likely N-dealkylation sites (tertiary alicyclic amines) is 1. The number of ether oxygens (including phenoxy) is 1. The van der Waals surface area contributed by atoms with E-state index in [0.29, 0.717) is 17.9 Å². The number of nitrogens with one attached hydrogen (secondary N) is 1. The van der Waals surface area contributed by atoms with Crippen molar-refractivity contribution in [3.8, 4) is 0 Å². The standard InChI is InChI=1S/C22H24N2O5S/c25-18-12-29-19-7-4-9-24(20(18)19)22(27)17(23-21(26)16-8-10-28-11-16)14-30-13-15-5-2-1-3-6-15/h1-3,5-6,8,10-11,17,19-20H,4,7,9,12-14H2,(H,23,26)/t17-,19-,20-/m0/s1. The second-order valence-electron chi connectivity index (χ2n) is 7.47. The second kappa shape index (κ2) is 9.49. The molecule has 0 spiro atoms. The van der Waals surface area contributed by atoms with Crippen molar-refractivity contribution in [3.63, 3.8) is 0 Å². The van der Waals surface area contributed by atoms with Gasteiger partial charge in [0.1, 0.15) is 25.0 Å². The number of Topliss-reactive ketones (excluding diaryl/α,β-unsaturated/α-hetero) is 1. The number of hydrogen-bond donors (Lipinski definition) is 1. The van der Waals surface area contributed by atoms with Crippen molar-refractivity contribution in [3.05, 3.63) is 60.1 Å². The van der Waals surface area contributed by atoms with Crippen LogP contribution >= 0.6 is 11.8 Å². The van der Waals surface area contributed by atoms with Gasteiger partial charge in [0.05, 0.1) is 17.9 Å². The number of nitrogens with zero attached hydrogens (tertiary/aromatic N) is 1. The third-order valence-electron chi connectivity index (χ3n) is 5.41. The molecule has 2 amide bonds. The van der Waals surface area contributed by atoms with Gasteiger partial charge in [-0.15, -0.1) is 0 Å². The Hall–Kier alpha value is -2.58. The largest absolute Gasteiger partial charge is 0.472 e. The first kappa shape index (κ1) is 20.7. The molecule has 2 aliphatic heterocycles. The molecule has 0 aliphatic carbocycles. The van der Waals surface area contributed by atoms with Crippen molar-refractivity contribution in [1.82, 2.24) is 10.2 Å². The van der Waals surface area contributed by atoms with Crippen LogP contribution in [0.4, 0.5) is 0 Å². The summed E-state index contributed by atoms with van der Waals surface area (Å²) in [6.45, 7) is 0.546. The molecule has 2 saturated heterocycles. The third kappa shape index (κ3) is 4.60. The molecule has 0 unspecified atom stereocenters. The maximum Gasteiger partial charge on any atom is 0.255 e. The third-order valence-corrected chi connectivity index (χ3v) is 6.52. The number of ketones is 1. The molecule has 1 aromatic heterocycles. The zero-order valence-corrected chi connectivity index (χ0v) is 17.3. The van der Waals surface area contributed by atoms with Crippen LogP contribution < -0.4 is 5.32 Å². The van der Waals surface area contributed by atoms with E-state index in [1.807, 2.05) is 30.3 Å². The SMILES string of the molecule is O=C(N[C@@H](CSCc1ccccc1)C(=O)N1CCC[C@@H]2OCC(=O)[C@@H]21)c1ccoc1. The number of carbonyl (C=O) groups is 3. The normalized spacial score (nSPS) is 21.9. The topological polar surface area (TPSA) is 88.9 Å². The minimum Gasteiger partial charge on any atom is -0.472 e. The Morgan fingerprint density at radius 1 is 1.23 bits per heavy atom. The van der Waals surface area contributed by atoms with Gasteiger partial charge in [0.2, 0.25) is 5.91 Å². The van der Waals surface area contributed by atoms with E-state index in [1.54, 1.807) is 22.7 Å². The van der Waals surface area contributed by atoms with Gasteiger partial charge in [0, 0.05) is 18.1 Å². The van der Waals surface area contributed by atoms with Crippen LogP contribution in [0.3, 0.4) is 0 Å². The number of rotatable bonds is 7. The highest BCUT2D eigenvalue weighted by Crippen LogP contribution is 2.27. The molecule has 158 valence electrons. The first-order chi connectivity index (χ1) is 14.6. The van der Waals surface area contributed by atoms with Gasteiger partial charge < -0.3 is 19.4 Å². The number of hydrogen-bond acceptors (Lipinski definition) is 6. The van der Waals surface area contributed by atoms with Gasteiger partial charge in [-0.3, -0.25) is 14.4 Å². The molecule has 2 fully saturated rings. The first-order valence-electron chi connectivity index (χ1n) is 10.0. The number of piperidine rings is 1. The predicted molar refractivity (Wildman–Crippen MR) is 112 cm³/mol. The Bertz CT molecular complexity index is 886. The van der Waals surface area contributed by atoms with E-state index in [0.717, 1.165) is 24.2 Å². The molecular formula is C22H24N2O5S. The molecule has 2 aromatic rings. The quantitative estimate of drug-likeness (QED) is 0.728. The Morgan fingerprint density at radius 2 is 2.07 bits per heavy atom. The van der Waals surface area contributed by atoms with Gasteiger partial charge in [-0.1, -0.05) is 30.3 Å². The molecule has 8 heteroatoms. The fourth-order valence-corrected chi connectivity index (χ4v) is 4.92. The van der Waals surface area contributed by atoms with E-state index >= 15 is 0 Å². The van der Waals surface area contributed by atoms with E-state index in [1.165, 1.54) is 12.5 Å². The van der Waals surface area contributed by atoms with Crippen LogP contribution in [-0.2, 0) is 20.1 Å². The average molecular weight is 429 g/mol. The molecule has 4 rings (SSSR count). The maximum atomic E-state index is 13.4. The fourth-order valence-electron chi connectivity index (χ4n) is 3.92. The zero-order valence-electron chi connectivity index (χ0n) is 16.5. The summed E-state index contributed by atoms with van der Waals surface area (Å²) in [7, 11) is 0. The molecule has 2 aliphatic rings. The summed E-state index contributed by atoms with van der Waals surface area (Å²) >= 11 is 1.57. The molecule has 30 heavy (non-hydrogen) atoms. The zero-order chi connectivity index (χ0) is 20.9. The molecule has 0 radical (unpaired) electrons. The van der Waals surface area contributed by atoms with Crippen molar-refractivity contribution in [2.45, 2.75) is 36.8 Å². The Kier molecular flexibility index (Phi) is 6.54. The van der Waals surface area contributed by atoms with E-state index in [4.69, 9.17) is 9.15 Å². The Balaban J connectivity index is 1.47. The second-order valence-corrected chi connectivity index (χ2v) is 8.50. The molecule has 0 bridgehead atoms. The summed E-state index contributed by atoms with van der Waals surface area (Å²) in [5.41, 5.74) is 1.50. The first-order valence-corrected chi connectivity index (χ1v) is 11.2. The van der Waals surface area contributed by atoms with Crippen molar-refractivity contribution in [1.29, 1.82) is 0 Å². The highest BCUT2D eigenvalue weighted by molar-refractivity contribution is 7.98. The van der Waals surface area contributed by atoms with E-state index in [2.05, 4.69) is 5.32 Å². The van der Waals surface area contributed by atoms with Crippen LogP contribution in [0.25, 0.3) is 0 Å². The number of furan rings is 1. The Labute approximate surface area is 179 Å². The lowest BCUT2D eigenvalue weighted by Gasteiger charge is -2.37. The number of benzene rings is 1. The highest BCUT2D eigenvalue weighted by Gasteiger charge is 2.45. The van der Waals surface area contributed by atoms with Gasteiger partial charge >= 0.3 is 0 Å². The summed E-state index contributed by atoms with van der Waals surface area (Å²) in [5.74, 6) is 0.455. The molecule has 3 atom stereocenters. The summed E-state index contributed by atoms with van der Waals surface area (Å²) in [4.78, 5) is 39.9. The van der Waals surface area contributed by atoms with Crippen LogP contribution in [0.5, 0.6) is 0 Å². The molecular weight excluding hydrogens is 404 g/mol. The lowest BCUT2D eigenvalue weighted by molar-refractivity contribution is -0.141. The van der Waals surface area contributed by atoms with Crippen molar-refractivity contribution in [2.24, 2.45) is 0 Å². The van der Waals surface area contributed by atoms with Gasteiger partial charge in [-0.2, -0.15) is 11.8 Å². The van der Waals surface area contributed by atoms with Crippen molar-refractivity contribution in [2.75, 3.05) is 18.9 Å². The van der Waals surface area contributed by atoms with Gasteiger partial charge in [-0.25, -0.2) is 0 Å². The molecule has 7 nitrogen and oxygen atoms in total. The van der Waals surface area contributed by atoms with E-state index in [9.17, 15) is 14.4 Å². The number of carbonyl (C=O) groups excluding carboxylic acids is 3. The van der Waals surface area contributed by atoms with Crippen LogP contribution in [0.1, 0.15) is 28.8 Å². The van der Waals surface area contributed by atoms with Crippen LogP contribution in [0, 0.1) is 0 Å². The summed E-state index contributed by atoms with van der Waals surface area (Å²) in [6, 6.07) is 10.2. The van der Waals surface area contributed by atoms with Crippen LogP contribution in [0.2, 0.25) is 0 Å². The molecule has 1 aromatic carbocycles. The Morgan fingerprint density at radius 3 is 2.83 bits per heavy atom. The van der Waals surface area contributed by atoms with Gasteiger partial charge in [0.15, 0.2) is 5.78 Å². The van der Waals surface area contributed by atoms with Crippen LogP contribution in [0.15, 0.2) is 53.3 Å². The molecule has 3 heterocycles. The smallest absolute Gasteiger partial charge is 0.255 e. The van der Waals surface area contributed by atoms with E-state index in [-0.39, 0.29) is 30.3 Å². The predicted octanol–water partition coefficient (Wildman–Crippen LogP) is 2.27. The number of fused-ring (bicyclic) bond motifs is 1. The van der Waals surface area contributed by atoms with Crippen molar-refractivity contribution >= 4 is 29.4 Å². The number of thioether (sulfide) groups is 1. The van der Waals surface area contributed by atoms with Gasteiger partial charge in [0.25, 0.3) is 5.91 Å². The summed E-state index contributed by atoms with van der Waals surface area (Å²) < 4.78 is 10.5. The maximum absolute atomic E-state index is 13.4. The molecule has 0 saturated carbocycles. The van der Waals surface area contributed by atoms with Crippen molar-refractivity contribution < 1.29 is 23.5 Å².